The fraction of sp³-hybridized carbons (Fsp3) is 0.0847. The fourth-order valence-electron chi connectivity index (χ4n) is 10.0. The average Bonchev–Trinajstić information content (AvgIpc) is 3.80. The van der Waals surface area contributed by atoms with Crippen LogP contribution < -0.4 is 0 Å². The Balaban J connectivity index is 1.09. The maximum atomic E-state index is 5.70. The molecule has 1 spiro atoms. The van der Waals surface area contributed by atoms with Crippen molar-refractivity contribution in [3.8, 4) is 44.8 Å². The second kappa shape index (κ2) is 15.3. The first-order valence-corrected chi connectivity index (χ1v) is 21.4. The van der Waals surface area contributed by atoms with Gasteiger partial charge in [0.2, 0.25) is 0 Å². The van der Waals surface area contributed by atoms with Crippen LogP contribution in [0, 0.1) is 0 Å². The van der Waals surface area contributed by atoms with E-state index in [0.29, 0.717) is 0 Å². The van der Waals surface area contributed by atoms with Crippen molar-refractivity contribution in [1.82, 2.24) is 9.97 Å². The van der Waals surface area contributed by atoms with Crippen molar-refractivity contribution >= 4 is 0 Å². The van der Waals surface area contributed by atoms with Crippen molar-refractivity contribution in [2.24, 2.45) is 0 Å². The molecular weight excluding hydrogens is 737 g/mol. The zero-order valence-electron chi connectivity index (χ0n) is 34.1. The van der Waals surface area contributed by atoms with Crippen LogP contribution in [0.3, 0.4) is 0 Å². The van der Waals surface area contributed by atoms with Gasteiger partial charge in [0.05, 0.1) is 16.8 Å². The summed E-state index contributed by atoms with van der Waals surface area (Å²) in [6.45, 7) is 2.27. The summed E-state index contributed by atoms with van der Waals surface area (Å²) >= 11 is 0. The average molecular weight is 781 g/mol. The lowest BCUT2D eigenvalue weighted by molar-refractivity contribution is 0.751. The topological polar surface area (TPSA) is 25.8 Å². The van der Waals surface area contributed by atoms with E-state index in [-0.39, 0.29) is 11.8 Å². The SMILES string of the molecule is CC(/C=C\C=C1\C=CC=CC1)c1nc(-c2ccccc2)nc2c1-c1ccccc1C21c2ccccc2-c2ccc(-c3ccc(C(c4ccccc4)c4ccccc4)cc3)cc21. The highest BCUT2D eigenvalue weighted by molar-refractivity contribution is 5.96. The summed E-state index contributed by atoms with van der Waals surface area (Å²) in [4.78, 5) is 11.2. The number of fused-ring (bicyclic) bond motifs is 10. The van der Waals surface area contributed by atoms with Crippen molar-refractivity contribution in [3.63, 3.8) is 0 Å². The molecule has 0 aliphatic heterocycles. The van der Waals surface area contributed by atoms with Crippen molar-refractivity contribution in [3.05, 3.63) is 275 Å². The number of hydrogen-bond acceptors (Lipinski definition) is 2. The predicted molar refractivity (Wildman–Crippen MR) is 252 cm³/mol. The lowest BCUT2D eigenvalue weighted by Crippen LogP contribution is -2.27. The van der Waals surface area contributed by atoms with Crippen LogP contribution in [0.1, 0.15) is 69.9 Å². The first-order valence-electron chi connectivity index (χ1n) is 21.4. The zero-order chi connectivity index (χ0) is 40.8. The number of rotatable bonds is 8. The van der Waals surface area contributed by atoms with Crippen molar-refractivity contribution in [1.29, 1.82) is 0 Å². The Bertz CT molecular complexity index is 3010. The van der Waals surface area contributed by atoms with Crippen molar-refractivity contribution in [2.45, 2.75) is 30.6 Å². The van der Waals surface area contributed by atoms with Gasteiger partial charge in [0, 0.05) is 23.0 Å². The lowest BCUT2D eigenvalue weighted by atomic mass is 9.72. The first-order chi connectivity index (χ1) is 30.2. The Morgan fingerprint density at radius 1 is 0.525 bits per heavy atom. The highest BCUT2D eigenvalue weighted by Crippen LogP contribution is 2.63. The predicted octanol–water partition coefficient (Wildman–Crippen LogP) is 14.4. The van der Waals surface area contributed by atoms with Crippen LogP contribution in [0.15, 0.2) is 230 Å². The normalized spacial score (nSPS) is 16.9. The Morgan fingerprint density at radius 2 is 1.11 bits per heavy atom. The molecule has 2 unspecified atom stereocenters. The highest BCUT2D eigenvalue weighted by atomic mass is 14.9. The number of nitrogens with zero attached hydrogens (tertiary/aromatic N) is 2. The Labute approximate surface area is 358 Å². The lowest BCUT2D eigenvalue weighted by Gasteiger charge is -2.30. The molecule has 1 heterocycles. The van der Waals surface area contributed by atoms with Gasteiger partial charge in [0.25, 0.3) is 0 Å². The standard InChI is InChI=1S/C59H44N2/c1-40(19-18-22-41-20-6-2-7-21-41)56-55-50-30-15-17-32-52(50)59(57(55)61-58(60-56)46-27-12-5-13-28-46)51-31-16-14-29-48(51)49-38-37-47(39-53(49)59)42-33-35-45(36-34-42)54(43-23-8-3-9-24-43)44-25-10-4-11-26-44/h2-20,22-40,54H,21H2,1H3/b19-18-,41-22-. The Morgan fingerprint density at radius 3 is 1.80 bits per heavy atom. The third kappa shape index (κ3) is 6.18. The van der Waals surface area contributed by atoms with Crippen LogP contribution in [0.2, 0.25) is 0 Å². The second-order valence-electron chi connectivity index (χ2n) is 16.4. The molecule has 0 fully saturated rings. The summed E-state index contributed by atoms with van der Waals surface area (Å²) in [5.41, 5.74) is 18.7. The molecule has 290 valence electrons. The van der Waals surface area contributed by atoms with Gasteiger partial charge < -0.3 is 0 Å². The van der Waals surface area contributed by atoms with E-state index in [4.69, 9.17) is 9.97 Å². The molecule has 0 saturated carbocycles. The van der Waals surface area contributed by atoms with E-state index in [1.54, 1.807) is 0 Å². The van der Waals surface area contributed by atoms with E-state index in [9.17, 15) is 0 Å². The van der Waals surface area contributed by atoms with Gasteiger partial charge in [-0.15, -0.1) is 0 Å². The molecule has 2 heteroatoms. The number of hydrogen-bond donors (Lipinski definition) is 0. The molecule has 7 aromatic carbocycles. The van der Waals surface area contributed by atoms with Gasteiger partial charge >= 0.3 is 0 Å². The van der Waals surface area contributed by atoms with Gasteiger partial charge in [-0.3, -0.25) is 0 Å². The maximum absolute atomic E-state index is 5.70. The van der Waals surface area contributed by atoms with Gasteiger partial charge in [0.15, 0.2) is 5.82 Å². The first kappa shape index (κ1) is 36.6. The molecule has 0 radical (unpaired) electrons. The molecule has 8 aromatic rings. The minimum absolute atomic E-state index is 0.0268. The summed E-state index contributed by atoms with van der Waals surface area (Å²) in [6.07, 6.45) is 16.3. The van der Waals surface area contributed by atoms with E-state index >= 15 is 0 Å². The van der Waals surface area contributed by atoms with Crippen molar-refractivity contribution in [2.75, 3.05) is 0 Å². The van der Waals surface area contributed by atoms with Crippen LogP contribution in [0.5, 0.6) is 0 Å². The quantitative estimate of drug-likeness (QED) is 0.144. The number of benzene rings is 7. The smallest absolute Gasteiger partial charge is 0.159 e. The number of aromatic nitrogens is 2. The van der Waals surface area contributed by atoms with Crippen LogP contribution >= 0.6 is 0 Å². The third-order valence-electron chi connectivity index (χ3n) is 12.9. The molecule has 2 atom stereocenters. The minimum Gasteiger partial charge on any atom is -0.232 e. The van der Waals surface area contributed by atoms with Crippen LogP contribution in [-0.2, 0) is 5.41 Å². The molecule has 61 heavy (non-hydrogen) atoms. The number of allylic oxidation sites excluding steroid dienone is 8. The van der Waals surface area contributed by atoms with Crippen molar-refractivity contribution < 1.29 is 0 Å². The molecule has 0 bridgehead atoms. The van der Waals surface area contributed by atoms with Gasteiger partial charge in [0.1, 0.15) is 0 Å². The zero-order valence-corrected chi connectivity index (χ0v) is 34.1. The minimum atomic E-state index is -0.634. The van der Waals surface area contributed by atoms with Crippen LogP contribution in [0.4, 0.5) is 0 Å². The summed E-state index contributed by atoms with van der Waals surface area (Å²) in [6, 6.07) is 66.5. The van der Waals surface area contributed by atoms with Gasteiger partial charge in [-0.1, -0.05) is 225 Å². The molecule has 1 aromatic heterocycles. The monoisotopic (exact) mass is 780 g/mol. The Kier molecular flexibility index (Phi) is 9.20. The Hall–Kier alpha value is -7.42. The van der Waals surface area contributed by atoms with Gasteiger partial charge in [-0.25, -0.2) is 9.97 Å². The summed E-state index contributed by atoms with van der Waals surface area (Å²) < 4.78 is 0. The molecule has 2 nitrogen and oxygen atoms in total. The van der Waals surface area contributed by atoms with E-state index in [2.05, 4.69) is 231 Å². The highest BCUT2D eigenvalue weighted by Gasteiger charge is 2.54. The second-order valence-corrected chi connectivity index (χ2v) is 16.4. The van der Waals surface area contributed by atoms with E-state index < -0.39 is 5.41 Å². The maximum Gasteiger partial charge on any atom is 0.159 e. The van der Waals surface area contributed by atoms with E-state index in [1.165, 1.54) is 66.8 Å². The van der Waals surface area contributed by atoms with Crippen LogP contribution in [-0.4, -0.2) is 9.97 Å². The molecule has 3 aliphatic rings. The molecule has 0 saturated heterocycles. The molecule has 0 N–H and O–H groups in total. The molecule has 3 aliphatic carbocycles. The molecular formula is C59H44N2. The van der Waals surface area contributed by atoms with E-state index in [0.717, 1.165) is 34.8 Å². The summed E-state index contributed by atoms with van der Waals surface area (Å²) in [7, 11) is 0. The van der Waals surface area contributed by atoms with Crippen LogP contribution in [0.25, 0.3) is 44.8 Å². The third-order valence-corrected chi connectivity index (χ3v) is 12.9. The summed E-state index contributed by atoms with van der Waals surface area (Å²) in [5, 5.41) is 0. The van der Waals surface area contributed by atoms with E-state index in [1.807, 2.05) is 0 Å². The fourth-order valence-corrected chi connectivity index (χ4v) is 10.0. The molecule has 11 rings (SSSR count). The summed E-state index contributed by atoms with van der Waals surface area (Å²) in [5.74, 6) is 0.923. The van der Waals surface area contributed by atoms with Gasteiger partial charge in [-0.05, 0) is 79.3 Å². The molecule has 0 amide bonds. The largest absolute Gasteiger partial charge is 0.232 e. The van der Waals surface area contributed by atoms with Gasteiger partial charge in [-0.2, -0.15) is 0 Å².